The molecule has 4 heteroatoms. The standard InChI is InChI=1S/C12H16Cl2OS/c1-3-8(2)16-7-12(15)10-6-9(13)4-5-11(10)14/h4-6,8,12,15H,3,7H2,1-2H3. The molecule has 90 valence electrons. The van der Waals surface area contributed by atoms with E-state index < -0.39 is 6.10 Å². The van der Waals surface area contributed by atoms with Crippen molar-refractivity contribution in [2.45, 2.75) is 31.6 Å². The van der Waals surface area contributed by atoms with E-state index in [1.807, 2.05) is 0 Å². The minimum Gasteiger partial charge on any atom is -0.387 e. The Hall–Kier alpha value is 0.110. The lowest BCUT2D eigenvalue weighted by atomic mass is 10.1. The van der Waals surface area contributed by atoms with E-state index in [2.05, 4.69) is 13.8 Å². The summed E-state index contributed by atoms with van der Waals surface area (Å²) in [6, 6.07) is 5.17. The Balaban J connectivity index is 2.65. The van der Waals surface area contributed by atoms with Crippen LogP contribution in [-0.4, -0.2) is 16.1 Å². The summed E-state index contributed by atoms with van der Waals surface area (Å²) in [5.41, 5.74) is 0.713. The number of aliphatic hydroxyl groups excluding tert-OH is 1. The molecule has 0 fully saturated rings. The Labute approximate surface area is 111 Å². The molecule has 2 atom stereocenters. The van der Waals surface area contributed by atoms with Gasteiger partial charge in [0.1, 0.15) is 0 Å². The maximum atomic E-state index is 10.0. The number of hydrogen-bond acceptors (Lipinski definition) is 2. The molecule has 0 aliphatic rings. The zero-order valence-electron chi connectivity index (χ0n) is 9.41. The van der Waals surface area contributed by atoms with Gasteiger partial charge in [-0.05, 0) is 24.6 Å². The number of halogens is 2. The molecule has 0 radical (unpaired) electrons. The van der Waals surface area contributed by atoms with Gasteiger partial charge in [0, 0.05) is 26.6 Å². The van der Waals surface area contributed by atoms with Crippen molar-refractivity contribution in [2.24, 2.45) is 0 Å². The number of rotatable bonds is 5. The molecule has 1 aromatic carbocycles. The van der Waals surface area contributed by atoms with Gasteiger partial charge in [-0.3, -0.25) is 0 Å². The number of benzene rings is 1. The summed E-state index contributed by atoms with van der Waals surface area (Å²) in [4.78, 5) is 0. The summed E-state index contributed by atoms with van der Waals surface area (Å²) in [5.74, 6) is 0.648. The number of thioether (sulfide) groups is 1. The van der Waals surface area contributed by atoms with Gasteiger partial charge in [-0.25, -0.2) is 0 Å². The number of hydrogen-bond donors (Lipinski definition) is 1. The summed E-state index contributed by atoms with van der Waals surface area (Å²) < 4.78 is 0. The van der Waals surface area contributed by atoms with Crippen LogP contribution in [0.3, 0.4) is 0 Å². The molecule has 1 aromatic rings. The molecule has 0 heterocycles. The predicted octanol–water partition coefficient (Wildman–Crippen LogP) is 4.56. The van der Waals surface area contributed by atoms with Crippen molar-refractivity contribution in [2.75, 3.05) is 5.75 Å². The lowest BCUT2D eigenvalue weighted by Gasteiger charge is -2.15. The molecule has 0 aliphatic heterocycles. The second kappa shape index (κ2) is 6.75. The van der Waals surface area contributed by atoms with Crippen LogP contribution in [0.1, 0.15) is 31.9 Å². The Morgan fingerprint density at radius 3 is 2.69 bits per heavy atom. The molecular weight excluding hydrogens is 263 g/mol. The maximum absolute atomic E-state index is 10.0. The van der Waals surface area contributed by atoms with E-state index in [0.29, 0.717) is 26.6 Å². The summed E-state index contributed by atoms with van der Waals surface area (Å²) in [6.45, 7) is 4.29. The normalized spacial score (nSPS) is 14.8. The van der Waals surface area contributed by atoms with E-state index in [0.717, 1.165) is 6.42 Å². The van der Waals surface area contributed by atoms with E-state index >= 15 is 0 Å². The molecule has 0 aliphatic carbocycles. The highest BCUT2D eigenvalue weighted by atomic mass is 35.5. The third kappa shape index (κ3) is 4.17. The zero-order chi connectivity index (χ0) is 12.1. The molecule has 0 bridgehead atoms. The van der Waals surface area contributed by atoms with Crippen molar-refractivity contribution < 1.29 is 5.11 Å². The second-order valence-electron chi connectivity index (χ2n) is 3.73. The summed E-state index contributed by atoms with van der Waals surface area (Å²) in [6.07, 6.45) is 0.547. The van der Waals surface area contributed by atoms with Gasteiger partial charge in [-0.1, -0.05) is 37.0 Å². The quantitative estimate of drug-likeness (QED) is 0.852. The average molecular weight is 279 g/mol. The van der Waals surface area contributed by atoms with Crippen LogP contribution in [0.15, 0.2) is 18.2 Å². The van der Waals surface area contributed by atoms with Gasteiger partial charge in [0.05, 0.1) is 6.10 Å². The van der Waals surface area contributed by atoms with Gasteiger partial charge < -0.3 is 5.11 Å². The van der Waals surface area contributed by atoms with Crippen LogP contribution < -0.4 is 0 Å². The molecule has 0 spiro atoms. The van der Waals surface area contributed by atoms with Gasteiger partial charge in [-0.15, -0.1) is 0 Å². The molecule has 1 N–H and O–H groups in total. The van der Waals surface area contributed by atoms with Crippen LogP contribution >= 0.6 is 35.0 Å². The van der Waals surface area contributed by atoms with E-state index in [1.54, 1.807) is 30.0 Å². The first-order valence-electron chi connectivity index (χ1n) is 5.29. The van der Waals surface area contributed by atoms with Crippen LogP contribution in [0.4, 0.5) is 0 Å². The molecule has 16 heavy (non-hydrogen) atoms. The fourth-order valence-electron chi connectivity index (χ4n) is 1.23. The van der Waals surface area contributed by atoms with Crippen molar-refractivity contribution >= 4 is 35.0 Å². The van der Waals surface area contributed by atoms with Crippen LogP contribution in [0, 0.1) is 0 Å². The first-order valence-corrected chi connectivity index (χ1v) is 7.09. The molecule has 1 rings (SSSR count). The lowest BCUT2D eigenvalue weighted by Crippen LogP contribution is -2.05. The molecule has 1 nitrogen and oxygen atoms in total. The molecule has 0 saturated heterocycles. The minimum absolute atomic E-state index is 0.549. The number of aliphatic hydroxyl groups is 1. The topological polar surface area (TPSA) is 20.2 Å². The Morgan fingerprint density at radius 1 is 1.38 bits per heavy atom. The summed E-state index contributed by atoms with van der Waals surface area (Å²) in [5, 5.41) is 11.7. The van der Waals surface area contributed by atoms with Crippen molar-refractivity contribution in [3.8, 4) is 0 Å². The van der Waals surface area contributed by atoms with Crippen molar-refractivity contribution in [1.29, 1.82) is 0 Å². The Bertz CT molecular complexity index is 344. The van der Waals surface area contributed by atoms with Crippen molar-refractivity contribution in [3.63, 3.8) is 0 Å². The third-order valence-electron chi connectivity index (χ3n) is 2.43. The monoisotopic (exact) mass is 278 g/mol. The SMILES string of the molecule is CCC(C)SCC(O)c1cc(Cl)ccc1Cl. The second-order valence-corrected chi connectivity index (χ2v) is 6.05. The average Bonchev–Trinajstić information content (AvgIpc) is 2.28. The molecule has 2 unspecified atom stereocenters. The minimum atomic E-state index is -0.551. The Kier molecular flexibility index (Phi) is 5.98. The van der Waals surface area contributed by atoms with E-state index in [1.165, 1.54) is 0 Å². The smallest absolute Gasteiger partial charge is 0.0895 e. The molecule has 0 amide bonds. The lowest BCUT2D eigenvalue weighted by molar-refractivity contribution is 0.204. The van der Waals surface area contributed by atoms with Crippen molar-refractivity contribution in [3.05, 3.63) is 33.8 Å². The van der Waals surface area contributed by atoms with E-state index in [-0.39, 0.29) is 0 Å². The zero-order valence-corrected chi connectivity index (χ0v) is 11.7. The molecular formula is C12H16Cl2OS. The van der Waals surface area contributed by atoms with Crippen LogP contribution in [-0.2, 0) is 0 Å². The fraction of sp³-hybridized carbons (Fsp3) is 0.500. The van der Waals surface area contributed by atoms with Gasteiger partial charge in [0.2, 0.25) is 0 Å². The molecule has 0 aromatic heterocycles. The first-order chi connectivity index (χ1) is 7.54. The fourth-order valence-corrected chi connectivity index (χ4v) is 2.58. The van der Waals surface area contributed by atoms with Crippen LogP contribution in [0.2, 0.25) is 10.0 Å². The highest BCUT2D eigenvalue weighted by molar-refractivity contribution is 7.99. The summed E-state index contributed by atoms with van der Waals surface area (Å²) in [7, 11) is 0. The van der Waals surface area contributed by atoms with Gasteiger partial charge >= 0.3 is 0 Å². The van der Waals surface area contributed by atoms with Gasteiger partial charge in [-0.2, -0.15) is 11.8 Å². The summed E-state index contributed by atoms with van der Waals surface area (Å²) >= 11 is 13.6. The molecule has 0 saturated carbocycles. The van der Waals surface area contributed by atoms with E-state index in [4.69, 9.17) is 23.2 Å². The first kappa shape index (κ1) is 14.2. The van der Waals surface area contributed by atoms with Crippen LogP contribution in [0.25, 0.3) is 0 Å². The Morgan fingerprint density at radius 2 is 2.06 bits per heavy atom. The maximum Gasteiger partial charge on any atom is 0.0895 e. The predicted molar refractivity (Wildman–Crippen MR) is 73.6 cm³/mol. The highest BCUT2D eigenvalue weighted by Gasteiger charge is 2.13. The largest absolute Gasteiger partial charge is 0.387 e. The van der Waals surface area contributed by atoms with E-state index in [9.17, 15) is 5.11 Å². The van der Waals surface area contributed by atoms with Gasteiger partial charge in [0.25, 0.3) is 0 Å². The highest BCUT2D eigenvalue weighted by Crippen LogP contribution is 2.29. The van der Waals surface area contributed by atoms with Gasteiger partial charge in [0.15, 0.2) is 0 Å². The third-order valence-corrected chi connectivity index (χ3v) is 4.42. The van der Waals surface area contributed by atoms with Crippen molar-refractivity contribution in [1.82, 2.24) is 0 Å². The van der Waals surface area contributed by atoms with Crippen LogP contribution in [0.5, 0.6) is 0 Å².